The molecule has 0 saturated carbocycles. The second-order valence-electron chi connectivity index (χ2n) is 6.38. The van der Waals surface area contributed by atoms with Crippen molar-refractivity contribution >= 4 is 5.84 Å². The second kappa shape index (κ2) is 6.65. The summed E-state index contributed by atoms with van der Waals surface area (Å²) in [5.74, 6) is -0.0180. The molecule has 0 radical (unpaired) electrons. The van der Waals surface area contributed by atoms with E-state index in [0.29, 0.717) is 17.9 Å². The fourth-order valence-electron chi connectivity index (χ4n) is 3.34. The Morgan fingerprint density at radius 3 is 2.04 bits per heavy atom. The summed E-state index contributed by atoms with van der Waals surface area (Å²) in [6, 6.07) is 21.6. The van der Waals surface area contributed by atoms with Crippen LogP contribution in [0.5, 0.6) is 0 Å². The van der Waals surface area contributed by atoms with Gasteiger partial charge in [-0.3, -0.25) is 0 Å². The van der Waals surface area contributed by atoms with E-state index in [1.54, 1.807) is 42.5 Å². The van der Waals surface area contributed by atoms with Gasteiger partial charge in [-0.15, -0.1) is 0 Å². The molecule has 0 atom stereocenters. The number of aliphatic imine (C=N–C) groups is 1. The predicted octanol–water partition coefficient (Wildman–Crippen LogP) is 4.13. The molecule has 132 valence electrons. The number of hydrogen-bond donors (Lipinski definition) is 1. The lowest BCUT2D eigenvalue weighted by molar-refractivity contribution is 0.560. The van der Waals surface area contributed by atoms with E-state index in [9.17, 15) is 8.78 Å². The number of amidine groups is 1. The standard InChI is InChI=1S/C22H15F2N3/c23-19-8-4-17(5-9-19)22(18-6-10-20(24)11-7-18)14-26-21(27-22)16-3-1-2-15(12-16)13-25/h1-12H,14H2,(H,26,27). The van der Waals surface area contributed by atoms with Crippen LogP contribution in [0.25, 0.3) is 0 Å². The summed E-state index contributed by atoms with van der Waals surface area (Å²) >= 11 is 0. The highest BCUT2D eigenvalue weighted by molar-refractivity contribution is 6.01. The Balaban J connectivity index is 1.86. The molecule has 0 saturated heterocycles. The predicted molar refractivity (Wildman–Crippen MR) is 99.3 cm³/mol. The van der Waals surface area contributed by atoms with Gasteiger partial charge in [0.05, 0.1) is 11.6 Å². The van der Waals surface area contributed by atoms with Gasteiger partial charge < -0.3 is 5.32 Å². The zero-order valence-corrected chi connectivity index (χ0v) is 14.3. The van der Waals surface area contributed by atoms with Gasteiger partial charge in [0.15, 0.2) is 0 Å². The maximum Gasteiger partial charge on any atom is 0.130 e. The summed E-state index contributed by atoms with van der Waals surface area (Å²) in [7, 11) is 0. The van der Waals surface area contributed by atoms with Gasteiger partial charge in [0.2, 0.25) is 0 Å². The molecular weight excluding hydrogens is 344 g/mol. The SMILES string of the molecule is N#Cc1cccc(C2=NC(c3ccc(F)cc3)(c3ccc(F)cc3)CN2)c1. The number of nitriles is 1. The first-order valence-corrected chi connectivity index (χ1v) is 8.47. The number of rotatable bonds is 3. The lowest BCUT2D eigenvalue weighted by Crippen LogP contribution is -2.31. The number of benzene rings is 3. The first kappa shape index (κ1) is 16.9. The summed E-state index contributed by atoms with van der Waals surface area (Å²) in [6.07, 6.45) is 0. The van der Waals surface area contributed by atoms with Gasteiger partial charge in [-0.05, 0) is 47.5 Å². The summed E-state index contributed by atoms with van der Waals surface area (Å²) in [4.78, 5) is 4.92. The van der Waals surface area contributed by atoms with Gasteiger partial charge in [0.1, 0.15) is 23.0 Å². The molecule has 3 aromatic rings. The minimum atomic E-state index is -0.806. The molecule has 3 nitrogen and oxygen atoms in total. The summed E-state index contributed by atoms with van der Waals surface area (Å²) in [5, 5.41) is 12.4. The van der Waals surface area contributed by atoms with Gasteiger partial charge in [-0.25, -0.2) is 13.8 Å². The van der Waals surface area contributed by atoms with Crippen LogP contribution >= 0.6 is 0 Å². The third-order valence-electron chi connectivity index (χ3n) is 4.72. The monoisotopic (exact) mass is 359 g/mol. The maximum atomic E-state index is 13.4. The Bertz CT molecular complexity index is 1000. The first-order chi connectivity index (χ1) is 13.1. The van der Waals surface area contributed by atoms with Gasteiger partial charge in [-0.2, -0.15) is 5.26 Å². The lowest BCUT2D eigenvalue weighted by Gasteiger charge is -2.26. The molecular formula is C22H15F2N3. The van der Waals surface area contributed by atoms with Crippen LogP contribution in [-0.2, 0) is 5.54 Å². The van der Waals surface area contributed by atoms with Gasteiger partial charge >= 0.3 is 0 Å². The van der Waals surface area contributed by atoms with E-state index >= 15 is 0 Å². The average Bonchev–Trinajstić information content (AvgIpc) is 3.16. The molecule has 5 heteroatoms. The van der Waals surface area contributed by atoms with Crippen molar-refractivity contribution in [2.75, 3.05) is 6.54 Å². The van der Waals surface area contributed by atoms with E-state index in [0.717, 1.165) is 16.7 Å². The molecule has 1 N–H and O–H groups in total. The van der Waals surface area contributed by atoms with Crippen LogP contribution in [-0.4, -0.2) is 12.4 Å². The summed E-state index contributed by atoms with van der Waals surface area (Å²) in [5.41, 5.74) is 2.13. The minimum absolute atomic E-state index is 0.329. The molecule has 1 aliphatic heterocycles. The lowest BCUT2D eigenvalue weighted by atomic mass is 9.84. The number of hydrogen-bond acceptors (Lipinski definition) is 3. The Kier molecular flexibility index (Phi) is 4.17. The van der Waals surface area contributed by atoms with Crippen molar-refractivity contribution in [3.8, 4) is 6.07 Å². The third kappa shape index (κ3) is 3.06. The Morgan fingerprint density at radius 2 is 1.48 bits per heavy atom. The summed E-state index contributed by atoms with van der Waals surface area (Å²) in [6.45, 7) is 0.441. The van der Waals surface area contributed by atoms with Gasteiger partial charge in [0.25, 0.3) is 0 Å². The van der Waals surface area contributed by atoms with E-state index in [-0.39, 0.29) is 11.6 Å². The molecule has 1 heterocycles. The normalized spacial score (nSPS) is 14.9. The van der Waals surface area contributed by atoms with E-state index in [1.807, 2.05) is 6.07 Å². The van der Waals surface area contributed by atoms with Crippen LogP contribution < -0.4 is 5.32 Å². The smallest absolute Gasteiger partial charge is 0.130 e. The molecule has 0 bridgehead atoms. The molecule has 3 aromatic carbocycles. The van der Waals surface area contributed by atoms with Crippen LogP contribution in [0.4, 0.5) is 8.78 Å². The Morgan fingerprint density at radius 1 is 0.889 bits per heavy atom. The Hall–Kier alpha value is -3.52. The van der Waals surface area contributed by atoms with Crippen molar-refractivity contribution in [2.45, 2.75) is 5.54 Å². The fourth-order valence-corrected chi connectivity index (χ4v) is 3.34. The molecule has 0 aliphatic carbocycles. The summed E-state index contributed by atoms with van der Waals surface area (Å²) < 4.78 is 26.9. The highest BCUT2D eigenvalue weighted by atomic mass is 19.1. The van der Waals surface area contributed by atoms with Crippen molar-refractivity contribution in [3.05, 3.63) is 107 Å². The quantitative estimate of drug-likeness (QED) is 0.764. The van der Waals surface area contributed by atoms with E-state index in [1.165, 1.54) is 24.3 Å². The molecule has 0 fully saturated rings. The van der Waals surface area contributed by atoms with Crippen LogP contribution in [0.15, 0.2) is 77.8 Å². The van der Waals surface area contributed by atoms with E-state index in [4.69, 9.17) is 10.3 Å². The van der Waals surface area contributed by atoms with E-state index in [2.05, 4.69) is 11.4 Å². The largest absolute Gasteiger partial charge is 0.367 e. The zero-order valence-electron chi connectivity index (χ0n) is 14.3. The molecule has 0 unspecified atom stereocenters. The fraction of sp³-hybridized carbons (Fsp3) is 0.0909. The number of nitrogens with zero attached hydrogens (tertiary/aromatic N) is 2. The number of nitrogens with one attached hydrogen (secondary N) is 1. The van der Waals surface area contributed by atoms with Crippen LogP contribution in [0, 0.1) is 23.0 Å². The molecule has 0 aromatic heterocycles. The minimum Gasteiger partial charge on any atom is -0.367 e. The number of halogens is 2. The van der Waals surface area contributed by atoms with Crippen LogP contribution in [0.1, 0.15) is 22.3 Å². The zero-order chi connectivity index (χ0) is 18.9. The third-order valence-corrected chi connectivity index (χ3v) is 4.72. The average molecular weight is 359 g/mol. The molecule has 1 aliphatic rings. The van der Waals surface area contributed by atoms with Crippen molar-refractivity contribution in [1.29, 1.82) is 5.26 Å². The topological polar surface area (TPSA) is 48.2 Å². The van der Waals surface area contributed by atoms with Crippen molar-refractivity contribution in [1.82, 2.24) is 5.32 Å². The van der Waals surface area contributed by atoms with Crippen LogP contribution in [0.3, 0.4) is 0 Å². The van der Waals surface area contributed by atoms with Crippen LogP contribution in [0.2, 0.25) is 0 Å². The second-order valence-corrected chi connectivity index (χ2v) is 6.38. The molecule has 0 amide bonds. The van der Waals surface area contributed by atoms with Gasteiger partial charge in [-0.1, -0.05) is 36.4 Å². The maximum absolute atomic E-state index is 13.4. The van der Waals surface area contributed by atoms with Crippen molar-refractivity contribution < 1.29 is 8.78 Å². The van der Waals surface area contributed by atoms with Gasteiger partial charge in [0, 0.05) is 12.1 Å². The Labute approximate surface area is 155 Å². The highest BCUT2D eigenvalue weighted by Crippen LogP contribution is 2.37. The van der Waals surface area contributed by atoms with E-state index < -0.39 is 5.54 Å². The molecule has 27 heavy (non-hydrogen) atoms. The highest BCUT2D eigenvalue weighted by Gasteiger charge is 2.39. The first-order valence-electron chi connectivity index (χ1n) is 8.47. The van der Waals surface area contributed by atoms with Crippen molar-refractivity contribution in [2.24, 2.45) is 4.99 Å². The molecule has 0 spiro atoms. The molecule has 4 rings (SSSR count). The van der Waals surface area contributed by atoms with Crippen molar-refractivity contribution in [3.63, 3.8) is 0 Å².